The van der Waals surface area contributed by atoms with Gasteiger partial charge in [-0.15, -0.1) is 0 Å². The quantitative estimate of drug-likeness (QED) is 0.145. The Morgan fingerprint density at radius 3 is 1.44 bits per heavy atom. The number of para-hydroxylation sites is 2. The van der Waals surface area contributed by atoms with Crippen molar-refractivity contribution in [3.63, 3.8) is 0 Å². The maximum atomic E-state index is 6.48. The Balaban J connectivity index is 0.940. The first-order valence-electron chi connectivity index (χ1n) is 23.2. The molecule has 320 valence electrons. The summed E-state index contributed by atoms with van der Waals surface area (Å²) in [4.78, 5) is 2.34. The second kappa shape index (κ2) is 16.2. The molecule has 13 rings (SSSR count). The molecule has 2 aromatic heterocycles. The zero-order valence-corrected chi connectivity index (χ0v) is 37.1. The summed E-state index contributed by atoms with van der Waals surface area (Å²) in [6, 6.07) is 93.6. The van der Waals surface area contributed by atoms with Gasteiger partial charge in [0.2, 0.25) is 0 Å². The normalized spacial score (nSPS) is 12.5. The number of furan rings is 2. The van der Waals surface area contributed by atoms with Crippen LogP contribution in [0, 0.1) is 0 Å². The van der Waals surface area contributed by atoms with Gasteiger partial charge < -0.3 is 13.7 Å². The highest BCUT2D eigenvalue weighted by molar-refractivity contribution is 6.09. The average Bonchev–Trinajstić information content (AvgIpc) is 4.14. The number of hydrogen-bond donors (Lipinski definition) is 0. The first-order valence-corrected chi connectivity index (χ1v) is 23.2. The van der Waals surface area contributed by atoms with E-state index in [1.165, 1.54) is 44.5 Å². The van der Waals surface area contributed by atoms with Crippen molar-refractivity contribution in [2.75, 3.05) is 4.90 Å². The van der Waals surface area contributed by atoms with E-state index in [1.54, 1.807) is 0 Å². The molecule has 0 saturated carbocycles. The molecule has 0 atom stereocenters. The van der Waals surface area contributed by atoms with E-state index in [9.17, 15) is 0 Å². The Morgan fingerprint density at radius 2 is 0.779 bits per heavy atom. The van der Waals surface area contributed by atoms with Crippen LogP contribution in [-0.2, 0) is 5.41 Å². The molecule has 0 saturated heterocycles. The van der Waals surface area contributed by atoms with Gasteiger partial charge in [-0.1, -0.05) is 188 Å². The lowest BCUT2D eigenvalue weighted by molar-refractivity contribution is 0.597. The third-order valence-corrected chi connectivity index (χ3v) is 13.8. The third-order valence-electron chi connectivity index (χ3n) is 13.8. The van der Waals surface area contributed by atoms with E-state index >= 15 is 0 Å². The van der Waals surface area contributed by atoms with E-state index in [-0.39, 0.29) is 0 Å². The fourth-order valence-electron chi connectivity index (χ4n) is 10.7. The van der Waals surface area contributed by atoms with Crippen LogP contribution in [0.15, 0.2) is 270 Å². The van der Waals surface area contributed by atoms with Gasteiger partial charge in [-0.25, -0.2) is 0 Å². The van der Waals surface area contributed by atoms with Crippen molar-refractivity contribution in [1.29, 1.82) is 0 Å². The lowest BCUT2D eigenvalue weighted by Crippen LogP contribution is -2.28. The molecule has 3 nitrogen and oxygen atoms in total. The summed E-state index contributed by atoms with van der Waals surface area (Å²) < 4.78 is 12.9. The Labute approximate surface area is 395 Å². The van der Waals surface area contributed by atoms with Crippen molar-refractivity contribution >= 4 is 39.0 Å². The van der Waals surface area contributed by atoms with Crippen LogP contribution in [0.4, 0.5) is 17.1 Å². The molecule has 0 fully saturated rings. The first kappa shape index (κ1) is 39.4. The molecule has 0 radical (unpaired) electrons. The summed E-state index contributed by atoms with van der Waals surface area (Å²) in [6.45, 7) is 0. The highest BCUT2D eigenvalue weighted by Crippen LogP contribution is 2.56. The summed E-state index contributed by atoms with van der Waals surface area (Å²) >= 11 is 0. The standard InChI is InChI=1S/C65H43NO2/c1-3-15-44(16-4-1)48-19-13-20-50(43-48)65(59-26-10-7-21-55(59)56-22-8-11-27-60(56)65)49-33-39-53(40-34-49)66(52-37-31-47(32-38-52)62-42-41-61(67-62)46-17-5-2-6-18-46)51-35-29-45(30-36-51)54-24-14-25-58-57-23-9-12-28-63(57)68-64(54)58/h1-43H. The van der Waals surface area contributed by atoms with Crippen molar-refractivity contribution in [3.05, 3.63) is 283 Å². The third kappa shape index (κ3) is 6.43. The maximum Gasteiger partial charge on any atom is 0.143 e. The van der Waals surface area contributed by atoms with Gasteiger partial charge in [0.1, 0.15) is 22.7 Å². The fraction of sp³-hybridized carbons (Fsp3) is 0.0154. The van der Waals surface area contributed by atoms with E-state index in [4.69, 9.17) is 8.83 Å². The highest BCUT2D eigenvalue weighted by atomic mass is 16.3. The smallest absolute Gasteiger partial charge is 0.143 e. The van der Waals surface area contributed by atoms with Crippen molar-refractivity contribution in [2.24, 2.45) is 0 Å². The fourth-order valence-corrected chi connectivity index (χ4v) is 10.7. The van der Waals surface area contributed by atoms with Crippen LogP contribution in [0.3, 0.4) is 0 Å². The molecule has 0 unspecified atom stereocenters. The summed E-state index contributed by atoms with van der Waals surface area (Å²) in [7, 11) is 0. The second-order valence-electron chi connectivity index (χ2n) is 17.6. The van der Waals surface area contributed by atoms with Crippen LogP contribution in [0.2, 0.25) is 0 Å². The molecular formula is C65H43NO2. The molecule has 0 N–H and O–H groups in total. The van der Waals surface area contributed by atoms with Crippen LogP contribution in [0.5, 0.6) is 0 Å². The van der Waals surface area contributed by atoms with Crippen molar-refractivity contribution in [1.82, 2.24) is 0 Å². The topological polar surface area (TPSA) is 29.5 Å². The van der Waals surface area contributed by atoms with Crippen molar-refractivity contribution < 1.29 is 8.83 Å². The van der Waals surface area contributed by atoms with Crippen LogP contribution in [0.1, 0.15) is 22.3 Å². The van der Waals surface area contributed by atoms with Gasteiger partial charge >= 0.3 is 0 Å². The largest absolute Gasteiger partial charge is 0.456 e. The zero-order chi connectivity index (χ0) is 45.0. The van der Waals surface area contributed by atoms with Crippen molar-refractivity contribution in [3.8, 4) is 56.0 Å². The van der Waals surface area contributed by atoms with Gasteiger partial charge in [0, 0.05) is 44.5 Å². The number of nitrogens with zero attached hydrogens (tertiary/aromatic N) is 1. The Hall–Kier alpha value is -8.92. The minimum atomic E-state index is -0.552. The molecule has 10 aromatic carbocycles. The average molecular weight is 870 g/mol. The van der Waals surface area contributed by atoms with Crippen LogP contribution < -0.4 is 4.90 Å². The molecular weight excluding hydrogens is 827 g/mol. The molecule has 68 heavy (non-hydrogen) atoms. The summed E-state index contributed by atoms with van der Waals surface area (Å²) in [5, 5.41) is 2.24. The zero-order valence-electron chi connectivity index (χ0n) is 37.1. The molecule has 3 heteroatoms. The highest BCUT2D eigenvalue weighted by Gasteiger charge is 2.46. The van der Waals surface area contributed by atoms with E-state index in [0.717, 1.165) is 72.8 Å². The van der Waals surface area contributed by atoms with Gasteiger partial charge in [0.25, 0.3) is 0 Å². The predicted molar refractivity (Wildman–Crippen MR) is 280 cm³/mol. The van der Waals surface area contributed by atoms with Gasteiger partial charge in [-0.2, -0.15) is 0 Å². The number of rotatable bonds is 9. The molecule has 0 amide bonds. The molecule has 12 aromatic rings. The van der Waals surface area contributed by atoms with E-state index in [2.05, 4.69) is 229 Å². The Morgan fingerprint density at radius 1 is 0.294 bits per heavy atom. The molecule has 1 aliphatic rings. The van der Waals surface area contributed by atoms with Gasteiger partial charge in [0.15, 0.2) is 0 Å². The minimum absolute atomic E-state index is 0.552. The summed E-state index contributed by atoms with van der Waals surface area (Å²) in [5.74, 6) is 1.68. The first-order chi connectivity index (χ1) is 33.7. The lowest BCUT2D eigenvalue weighted by Gasteiger charge is -2.35. The van der Waals surface area contributed by atoms with E-state index < -0.39 is 5.41 Å². The molecule has 0 spiro atoms. The van der Waals surface area contributed by atoms with Crippen LogP contribution in [-0.4, -0.2) is 0 Å². The number of fused-ring (bicyclic) bond motifs is 6. The number of anilines is 3. The molecule has 2 heterocycles. The van der Waals surface area contributed by atoms with Gasteiger partial charge in [-0.05, 0) is 123 Å². The van der Waals surface area contributed by atoms with Crippen molar-refractivity contribution in [2.45, 2.75) is 5.41 Å². The maximum absolute atomic E-state index is 6.48. The Bertz CT molecular complexity index is 3720. The Kier molecular flexibility index (Phi) is 9.40. The second-order valence-corrected chi connectivity index (χ2v) is 17.6. The lowest BCUT2D eigenvalue weighted by atomic mass is 9.67. The summed E-state index contributed by atoms with van der Waals surface area (Å²) in [5.41, 5.74) is 18.5. The van der Waals surface area contributed by atoms with Crippen LogP contribution in [0.25, 0.3) is 78.0 Å². The van der Waals surface area contributed by atoms with E-state index in [1.807, 2.05) is 36.4 Å². The van der Waals surface area contributed by atoms with Crippen LogP contribution >= 0.6 is 0 Å². The molecule has 0 aliphatic heterocycles. The SMILES string of the molecule is c1ccc(-c2cccc(C3(c4ccc(N(c5ccc(-c6ccc(-c7ccccc7)o6)cc5)c5ccc(-c6cccc7c6oc6ccccc67)cc5)cc4)c4ccccc4-c4ccccc43)c2)cc1. The summed E-state index contributed by atoms with van der Waals surface area (Å²) in [6.07, 6.45) is 0. The van der Waals surface area contributed by atoms with Gasteiger partial charge in [-0.3, -0.25) is 0 Å². The van der Waals surface area contributed by atoms with Gasteiger partial charge in [0.05, 0.1) is 5.41 Å². The van der Waals surface area contributed by atoms with E-state index in [0.29, 0.717) is 0 Å². The monoisotopic (exact) mass is 869 g/mol. The number of hydrogen-bond acceptors (Lipinski definition) is 3. The molecule has 0 bridgehead atoms. The molecule has 1 aliphatic carbocycles. The number of benzene rings is 10. The minimum Gasteiger partial charge on any atom is -0.456 e. The predicted octanol–water partition coefficient (Wildman–Crippen LogP) is 17.7.